The molecule has 1 aliphatic rings. The number of nitrogens with zero attached hydrogens (tertiary/aromatic N) is 2. The minimum Gasteiger partial charge on any atom is -0.322 e. The first-order chi connectivity index (χ1) is 13.2. The van der Waals surface area contributed by atoms with Gasteiger partial charge in [0.2, 0.25) is 0 Å². The molecule has 7 heteroatoms. The lowest BCUT2D eigenvalue weighted by atomic mass is 10.0. The SMILES string of the molecule is Cc1ccccc1C(=O)Nc1ccc(CN2CCN(C)CC2)c(C(F)(F)F)c1. The van der Waals surface area contributed by atoms with Crippen LogP contribution in [0, 0.1) is 6.92 Å². The molecule has 1 N–H and O–H groups in total. The Morgan fingerprint density at radius 1 is 1.07 bits per heavy atom. The lowest BCUT2D eigenvalue weighted by Crippen LogP contribution is -2.44. The molecule has 1 amide bonds. The number of piperazine rings is 1. The van der Waals surface area contributed by atoms with E-state index in [1.807, 2.05) is 11.9 Å². The third kappa shape index (κ3) is 4.91. The Morgan fingerprint density at radius 2 is 1.75 bits per heavy atom. The third-order valence-corrected chi connectivity index (χ3v) is 5.05. The van der Waals surface area contributed by atoms with Crippen molar-refractivity contribution in [3.8, 4) is 0 Å². The van der Waals surface area contributed by atoms with Gasteiger partial charge in [-0.15, -0.1) is 0 Å². The Hall–Kier alpha value is -2.38. The Labute approximate surface area is 162 Å². The fourth-order valence-corrected chi connectivity index (χ4v) is 3.33. The molecular weight excluding hydrogens is 367 g/mol. The van der Waals surface area contributed by atoms with Crippen LogP contribution in [0.3, 0.4) is 0 Å². The van der Waals surface area contributed by atoms with Crippen LogP contribution in [-0.2, 0) is 12.7 Å². The number of likely N-dealkylation sites (N-methyl/N-ethyl adjacent to an activating group) is 1. The number of rotatable bonds is 4. The van der Waals surface area contributed by atoms with Crippen molar-refractivity contribution in [2.45, 2.75) is 19.6 Å². The van der Waals surface area contributed by atoms with E-state index in [9.17, 15) is 18.0 Å². The van der Waals surface area contributed by atoms with Crippen molar-refractivity contribution >= 4 is 11.6 Å². The normalized spacial score (nSPS) is 16.2. The summed E-state index contributed by atoms with van der Waals surface area (Å²) in [5.41, 5.74) is 0.878. The minimum absolute atomic E-state index is 0.141. The van der Waals surface area contributed by atoms with Crippen molar-refractivity contribution in [1.82, 2.24) is 9.80 Å². The molecule has 1 aliphatic heterocycles. The molecule has 0 spiro atoms. The zero-order valence-corrected chi connectivity index (χ0v) is 16.0. The van der Waals surface area contributed by atoms with Gasteiger partial charge >= 0.3 is 6.18 Å². The van der Waals surface area contributed by atoms with E-state index in [4.69, 9.17) is 0 Å². The molecule has 1 fully saturated rings. The first kappa shape index (κ1) is 20.4. The van der Waals surface area contributed by atoms with Gasteiger partial charge < -0.3 is 10.2 Å². The van der Waals surface area contributed by atoms with Crippen molar-refractivity contribution in [2.24, 2.45) is 0 Å². The Morgan fingerprint density at radius 3 is 2.39 bits per heavy atom. The van der Waals surface area contributed by atoms with Crippen molar-refractivity contribution in [3.63, 3.8) is 0 Å². The van der Waals surface area contributed by atoms with Gasteiger partial charge in [0.05, 0.1) is 5.56 Å². The molecule has 3 rings (SSSR count). The second-order valence-electron chi connectivity index (χ2n) is 7.22. The number of amides is 1. The molecule has 0 radical (unpaired) electrons. The molecule has 1 heterocycles. The number of benzene rings is 2. The quantitative estimate of drug-likeness (QED) is 0.855. The number of anilines is 1. The number of hydrogen-bond donors (Lipinski definition) is 1. The molecule has 2 aromatic rings. The first-order valence-corrected chi connectivity index (χ1v) is 9.22. The van der Waals surface area contributed by atoms with Crippen molar-refractivity contribution < 1.29 is 18.0 Å². The zero-order valence-electron chi connectivity index (χ0n) is 16.0. The fourth-order valence-electron chi connectivity index (χ4n) is 3.33. The molecule has 0 atom stereocenters. The summed E-state index contributed by atoms with van der Waals surface area (Å²) < 4.78 is 40.9. The molecule has 2 aromatic carbocycles. The van der Waals surface area contributed by atoms with Gasteiger partial charge in [-0.2, -0.15) is 13.2 Å². The molecule has 28 heavy (non-hydrogen) atoms. The summed E-state index contributed by atoms with van der Waals surface area (Å²) in [7, 11) is 2.00. The van der Waals surface area contributed by atoms with Crippen molar-refractivity contribution in [1.29, 1.82) is 0 Å². The van der Waals surface area contributed by atoms with E-state index < -0.39 is 17.6 Å². The smallest absolute Gasteiger partial charge is 0.322 e. The lowest BCUT2D eigenvalue weighted by Gasteiger charge is -2.33. The van der Waals surface area contributed by atoms with E-state index in [1.54, 1.807) is 31.2 Å². The minimum atomic E-state index is -4.48. The summed E-state index contributed by atoms with van der Waals surface area (Å²) in [6.45, 7) is 5.18. The van der Waals surface area contributed by atoms with Crippen LogP contribution in [0.5, 0.6) is 0 Å². The van der Waals surface area contributed by atoms with Crippen LogP contribution in [0.25, 0.3) is 0 Å². The highest BCUT2D eigenvalue weighted by molar-refractivity contribution is 6.05. The van der Waals surface area contributed by atoms with Crippen molar-refractivity contribution in [2.75, 3.05) is 38.5 Å². The molecule has 1 saturated heterocycles. The second kappa shape index (κ2) is 8.32. The van der Waals surface area contributed by atoms with Gasteiger partial charge in [0.15, 0.2) is 0 Å². The van der Waals surface area contributed by atoms with Gasteiger partial charge in [0.25, 0.3) is 5.91 Å². The van der Waals surface area contributed by atoms with Gasteiger partial charge in [0.1, 0.15) is 0 Å². The molecule has 0 unspecified atom stereocenters. The number of alkyl halides is 3. The standard InChI is InChI=1S/C21H24F3N3O/c1-15-5-3-4-6-18(15)20(28)25-17-8-7-16(19(13-17)21(22,23)24)14-27-11-9-26(2)10-12-27/h3-8,13H,9-12,14H2,1-2H3,(H,25,28). The van der Waals surface area contributed by atoms with E-state index >= 15 is 0 Å². The predicted molar refractivity (Wildman–Crippen MR) is 103 cm³/mol. The monoisotopic (exact) mass is 391 g/mol. The van der Waals surface area contributed by atoms with Crippen molar-refractivity contribution in [3.05, 3.63) is 64.7 Å². The molecule has 150 valence electrons. The number of carbonyl (C=O) groups excluding carboxylic acids is 1. The average Bonchev–Trinajstić information content (AvgIpc) is 2.64. The maximum atomic E-state index is 13.6. The van der Waals surface area contributed by atoms with Crippen LogP contribution in [0.2, 0.25) is 0 Å². The van der Waals surface area contributed by atoms with E-state index in [0.717, 1.165) is 37.8 Å². The van der Waals surface area contributed by atoms with Gasteiger partial charge in [-0.1, -0.05) is 24.3 Å². The van der Waals surface area contributed by atoms with E-state index in [-0.39, 0.29) is 17.8 Å². The summed E-state index contributed by atoms with van der Waals surface area (Å²) >= 11 is 0. The van der Waals surface area contributed by atoms with Crippen LogP contribution >= 0.6 is 0 Å². The maximum absolute atomic E-state index is 13.6. The molecule has 0 bridgehead atoms. The van der Waals surface area contributed by atoms with E-state index in [1.165, 1.54) is 12.1 Å². The third-order valence-electron chi connectivity index (χ3n) is 5.05. The van der Waals surface area contributed by atoms with Crippen LogP contribution in [0.4, 0.5) is 18.9 Å². The maximum Gasteiger partial charge on any atom is 0.416 e. The molecule has 0 saturated carbocycles. The van der Waals surface area contributed by atoms with Crippen LogP contribution in [-0.4, -0.2) is 48.9 Å². The lowest BCUT2D eigenvalue weighted by molar-refractivity contribution is -0.138. The Kier molecular flexibility index (Phi) is 6.05. The van der Waals surface area contributed by atoms with E-state index in [2.05, 4.69) is 10.2 Å². The first-order valence-electron chi connectivity index (χ1n) is 9.22. The topological polar surface area (TPSA) is 35.6 Å². The van der Waals surface area contributed by atoms with Gasteiger partial charge in [0, 0.05) is 44.0 Å². The zero-order chi connectivity index (χ0) is 20.3. The van der Waals surface area contributed by atoms with Gasteiger partial charge in [-0.3, -0.25) is 9.69 Å². The Bertz CT molecular complexity index is 843. The van der Waals surface area contributed by atoms with Gasteiger partial charge in [-0.25, -0.2) is 0 Å². The largest absolute Gasteiger partial charge is 0.416 e. The highest BCUT2D eigenvalue weighted by atomic mass is 19.4. The fraction of sp³-hybridized carbons (Fsp3) is 0.381. The Balaban J connectivity index is 1.80. The molecular formula is C21H24F3N3O. The van der Waals surface area contributed by atoms with Crippen LogP contribution < -0.4 is 5.32 Å². The van der Waals surface area contributed by atoms with Crippen LogP contribution in [0.15, 0.2) is 42.5 Å². The number of aryl methyl sites for hydroxylation is 1. The highest BCUT2D eigenvalue weighted by Gasteiger charge is 2.34. The summed E-state index contributed by atoms with van der Waals surface area (Å²) in [6.07, 6.45) is -4.48. The second-order valence-corrected chi connectivity index (χ2v) is 7.22. The summed E-state index contributed by atoms with van der Waals surface area (Å²) in [5, 5.41) is 2.59. The van der Waals surface area contributed by atoms with E-state index in [0.29, 0.717) is 5.56 Å². The average molecular weight is 391 g/mol. The number of nitrogens with one attached hydrogen (secondary N) is 1. The number of carbonyl (C=O) groups is 1. The number of halogens is 3. The van der Waals surface area contributed by atoms with Gasteiger partial charge in [-0.05, 0) is 43.3 Å². The highest BCUT2D eigenvalue weighted by Crippen LogP contribution is 2.34. The molecule has 0 aliphatic carbocycles. The molecule has 0 aromatic heterocycles. The summed E-state index contributed by atoms with van der Waals surface area (Å²) in [5.74, 6) is -0.418. The molecule has 4 nitrogen and oxygen atoms in total. The summed E-state index contributed by atoms with van der Waals surface area (Å²) in [6, 6.07) is 11.0. The predicted octanol–water partition coefficient (Wildman–Crippen LogP) is 4.01. The van der Waals surface area contributed by atoms with Crippen LogP contribution in [0.1, 0.15) is 27.0 Å². The summed E-state index contributed by atoms with van der Waals surface area (Å²) in [4.78, 5) is 16.6. The number of hydrogen-bond acceptors (Lipinski definition) is 3.